The number of hydrogen-bond acceptors (Lipinski definition) is 3. The number of aromatic nitrogens is 3. The van der Waals surface area contributed by atoms with Crippen LogP contribution in [0.2, 0.25) is 0 Å². The molecule has 1 heterocycles. The van der Waals surface area contributed by atoms with Crippen molar-refractivity contribution in [2.24, 2.45) is 7.05 Å². The summed E-state index contributed by atoms with van der Waals surface area (Å²) >= 11 is 0. The standard InChI is InChI=1S/C10H8N4/c1-14-7-10(12-13-14)9-5-3-2-4-8(9)6-11/h2-5,7H,1H3. The van der Waals surface area contributed by atoms with Gasteiger partial charge in [-0.15, -0.1) is 5.10 Å². The molecule has 0 saturated carbocycles. The van der Waals surface area contributed by atoms with Crippen molar-refractivity contribution in [2.45, 2.75) is 0 Å². The number of nitrogens with zero attached hydrogens (tertiary/aromatic N) is 4. The Morgan fingerprint density at radius 1 is 1.36 bits per heavy atom. The van der Waals surface area contributed by atoms with Crippen molar-refractivity contribution in [3.8, 4) is 17.3 Å². The third kappa shape index (κ3) is 1.36. The number of rotatable bonds is 1. The van der Waals surface area contributed by atoms with Gasteiger partial charge >= 0.3 is 0 Å². The molecular weight excluding hydrogens is 176 g/mol. The highest BCUT2D eigenvalue weighted by Crippen LogP contribution is 2.19. The minimum Gasteiger partial charge on any atom is -0.255 e. The van der Waals surface area contributed by atoms with Crippen molar-refractivity contribution in [2.75, 3.05) is 0 Å². The van der Waals surface area contributed by atoms with Crippen molar-refractivity contribution in [1.29, 1.82) is 5.26 Å². The summed E-state index contributed by atoms with van der Waals surface area (Å²) in [4.78, 5) is 0. The first-order valence-corrected chi connectivity index (χ1v) is 4.17. The largest absolute Gasteiger partial charge is 0.255 e. The average Bonchev–Trinajstić information content (AvgIpc) is 2.65. The summed E-state index contributed by atoms with van der Waals surface area (Å²) in [5.41, 5.74) is 2.17. The van der Waals surface area contributed by atoms with Gasteiger partial charge in [-0.3, -0.25) is 4.68 Å². The van der Waals surface area contributed by atoms with Crippen LogP contribution in [0, 0.1) is 11.3 Å². The molecule has 1 aromatic carbocycles. The van der Waals surface area contributed by atoms with Crippen LogP contribution in [0.15, 0.2) is 30.5 Å². The van der Waals surface area contributed by atoms with Crippen LogP contribution in [-0.4, -0.2) is 15.0 Å². The fourth-order valence-corrected chi connectivity index (χ4v) is 1.27. The molecule has 2 aromatic rings. The zero-order valence-electron chi connectivity index (χ0n) is 7.68. The lowest BCUT2D eigenvalue weighted by atomic mass is 10.1. The Hall–Kier alpha value is -2.15. The molecule has 0 amide bonds. The maximum atomic E-state index is 8.88. The number of nitriles is 1. The Morgan fingerprint density at radius 2 is 2.14 bits per heavy atom. The van der Waals surface area contributed by atoms with Crippen LogP contribution < -0.4 is 0 Å². The Bertz CT molecular complexity index is 493. The summed E-state index contributed by atoms with van der Waals surface area (Å²) in [5, 5.41) is 16.7. The van der Waals surface area contributed by atoms with Crippen LogP contribution in [0.4, 0.5) is 0 Å². The lowest BCUT2D eigenvalue weighted by Crippen LogP contribution is -1.85. The molecule has 0 aliphatic carbocycles. The number of hydrogen-bond donors (Lipinski definition) is 0. The molecule has 4 heteroatoms. The van der Waals surface area contributed by atoms with E-state index in [1.165, 1.54) is 0 Å². The topological polar surface area (TPSA) is 54.5 Å². The zero-order chi connectivity index (χ0) is 9.97. The van der Waals surface area contributed by atoms with Crippen LogP contribution >= 0.6 is 0 Å². The molecule has 0 aliphatic heterocycles. The summed E-state index contributed by atoms with van der Waals surface area (Å²) in [6, 6.07) is 9.47. The van der Waals surface area contributed by atoms with Crippen LogP contribution in [0.25, 0.3) is 11.3 Å². The molecular formula is C10H8N4. The fourth-order valence-electron chi connectivity index (χ4n) is 1.27. The highest BCUT2D eigenvalue weighted by Gasteiger charge is 2.06. The third-order valence-electron chi connectivity index (χ3n) is 1.93. The quantitative estimate of drug-likeness (QED) is 0.672. The van der Waals surface area contributed by atoms with E-state index in [0.29, 0.717) is 5.56 Å². The Balaban J connectivity index is 2.57. The molecule has 0 spiro atoms. The van der Waals surface area contributed by atoms with Gasteiger partial charge in [-0.05, 0) is 6.07 Å². The molecule has 0 bridgehead atoms. The van der Waals surface area contributed by atoms with Gasteiger partial charge in [-0.25, -0.2) is 0 Å². The molecule has 0 radical (unpaired) electrons. The molecule has 1 aromatic heterocycles. The third-order valence-corrected chi connectivity index (χ3v) is 1.93. The SMILES string of the molecule is Cn1cc(-c2ccccc2C#N)nn1. The van der Waals surface area contributed by atoms with E-state index in [4.69, 9.17) is 5.26 Å². The Labute approximate surface area is 81.4 Å². The molecule has 0 atom stereocenters. The molecule has 14 heavy (non-hydrogen) atoms. The number of benzene rings is 1. The summed E-state index contributed by atoms with van der Waals surface area (Å²) in [5.74, 6) is 0. The van der Waals surface area contributed by atoms with E-state index in [-0.39, 0.29) is 0 Å². The summed E-state index contributed by atoms with van der Waals surface area (Å²) in [6.45, 7) is 0. The van der Waals surface area contributed by atoms with Crippen molar-refractivity contribution in [3.05, 3.63) is 36.0 Å². The zero-order valence-corrected chi connectivity index (χ0v) is 7.68. The van der Waals surface area contributed by atoms with Gasteiger partial charge in [-0.2, -0.15) is 5.26 Å². The molecule has 0 unspecified atom stereocenters. The van der Waals surface area contributed by atoms with Gasteiger partial charge in [-0.1, -0.05) is 23.4 Å². The summed E-state index contributed by atoms with van der Waals surface area (Å²) in [6.07, 6.45) is 1.79. The molecule has 4 nitrogen and oxygen atoms in total. The van der Waals surface area contributed by atoms with Gasteiger partial charge in [0.15, 0.2) is 0 Å². The Kier molecular flexibility index (Phi) is 1.99. The van der Waals surface area contributed by atoms with Crippen LogP contribution in [-0.2, 0) is 7.05 Å². The van der Waals surface area contributed by atoms with Crippen LogP contribution in [0.3, 0.4) is 0 Å². The Morgan fingerprint density at radius 3 is 2.79 bits per heavy atom. The van der Waals surface area contributed by atoms with Gasteiger partial charge in [0.05, 0.1) is 17.8 Å². The minimum atomic E-state index is 0.619. The van der Waals surface area contributed by atoms with Crippen molar-refractivity contribution >= 4 is 0 Å². The maximum Gasteiger partial charge on any atom is 0.114 e. The molecule has 0 N–H and O–H groups in total. The van der Waals surface area contributed by atoms with Crippen LogP contribution in [0.5, 0.6) is 0 Å². The van der Waals surface area contributed by atoms with Crippen molar-refractivity contribution in [1.82, 2.24) is 15.0 Å². The highest BCUT2D eigenvalue weighted by molar-refractivity contribution is 5.66. The second kappa shape index (κ2) is 3.30. The van der Waals surface area contributed by atoms with E-state index in [1.54, 1.807) is 24.0 Å². The first-order chi connectivity index (χ1) is 6.81. The summed E-state index contributed by atoms with van der Waals surface area (Å²) < 4.78 is 1.61. The van der Waals surface area contributed by atoms with Gasteiger partial charge in [0.1, 0.15) is 5.69 Å². The monoisotopic (exact) mass is 184 g/mol. The molecule has 0 saturated heterocycles. The van der Waals surface area contributed by atoms with E-state index in [0.717, 1.165) is 11.3 Å². The summed E-state index contributed by atoms with van der Waals surface area (Å²) in [7, 11) is 1.80. The lowest BCUT2D eigenvalue weighted by molar-refractivity contribution is 0.715. The van der Waals surface area contributed by atoms with E-state index >= 15 is 0 Å². The average molecular weight is 184 g/mol. The maximum absolute atomic E-state index is 8.88. The normalized spacial score (nSPS) is 9.71. The minimum absolute atomic E-state index is 0.619. The van der Waals surface area contributed by atoms with E-state index < -0.39 is 0 Å². The molecule has 68 valence electrons. The lowest BCUT2D eigenvalue weighted by Gasteiger charge is -1.96. The second-order valence-corrected chi connectivity index (χ2v) is 2.93. The second-order valence-electron chi connectivity index (χ2n) is 2.93. The fraction of sp³-hybridized carbons (Fsp3) is 0.100. The van der Waals surface area contributed by atoms with Gasteiger partial charge in [0.2, 0.25) is 0 Å². The van der Waals surface area contributed by atoms with E-state index in [1.807, 2.05) is 18.2 Å². The number of aryl methyl sites for hydroxylation is 1. The predicted octanol–water partition coefficient (Wildman–Crippen LogP) is 1.35. The van der Waals surface area contributed by atoms with E-state index in [9.17, 15) is 0 Å². The van der Waals surface area contributed by atoms with Crippen molar-refractivity contribution < 1.29 is 0 Å². The molecule has 0 fully saturated rings. The van der Waals surface area contributed by atoms with Crippen LogP contribution in [0.1, 0.15) is 5.56 Å². The van der Waals surface area contributed by atoms with Gasteiger partial charge in [0, 0.05) is 12.6 Å². The first-order valence-electron chi connectivity index (χ1n) is 4.17. The molecule has 0 aliphatic rings. The van der Waals surface area contributed by atoms with Gasteiger partial charge in [0.25, 0.3) is 0 Å². The highest BCUT2D eigenvalue weighted by atomic mass is 15.4. The molecule has 2 rings (SSSR count). The van der Waals surface area contributed by atoms with Crippen molar-refractivity contribution in [3.63, 3.8) is 0 Å². The predicted molar refractivity (Wildman–Crippen MR) is 51.2 cm³/mol. The smallest absolute Gasteiger partial charge is 0.114 e. The first kappa shape index (κ1) is 8.45. The van der Waals surface area contributed by atoms with Gasteiger partial charge < -0.3 is 0 Å². The van der Waals surface area contributed by atoms with E-state index in [2.05, 4.69) is 16.4 Å².